The van der Waals surface area contributed by atoms with Gasteiger partial charge in [-0.1, -0.05) is 83.9 Å². The highest BCUT2D eigenvalue weighted by molar-refractivity contribution is 5.73. The minimum atomic E-state index is -1.04. The number of rotatable bonds is 14. The number of aryl methyl sites for hydroxylation is 2. The van der Waals surface area contributed by atoms with Gasteiger partial charge in [0.2, 0.25) is 0 Å². The first kappa shape index (κ1) is 30.3. The quantitative estimate of drug-likeness (QED) is 0.190. The molecule has 0 unspecified atom stereocenters. The van der Waals surface area contributed by atoms with Crippen molar-refractivity contribution >= 4 is 5.97 Å². The number of carbonyl (C=O) groups is 1. The Balaban J connectivity index is 1.58. The maximum Gasteiger partial charge on any atom is 0.320 e. The van der Waals surface area contributed by atoms with Gasteiger partial charge in [-0.2, -0.15) is 5.26 Å². The minimum absolute atomic E-state index is 0.246. The van der Waals surface area contributed by atoms with E-state index in [0.29, 0.717) is 44.2 Å². The Morgan fingerprint density at radius 3 is 2.07 bits per heavy atom. The van der Waals surface area contributed by atoms with Crippen LogP contribution >= 0.6 is 0 Å². The highest BCUT2D eigenvalue weighted by atomic mass is 16.5. The predicted molar refractivity (Wildman–Crippen MR) is 163 cm³/mol. The summed E-state index contributed by atoms with van der Waals surface area (Å²) in [4.78, 5) is 13.6. The zero-order valence-electron chi connectivity index (χ0n) is 24.1. The lowest BCUT2D eigenvalue weighted by atomic mass is 10.0. The van der Waals surface area contributed by atoms with Crippen molar-refractivity contribution in [3.63, 3.8) is 0 Å². The van der Waals surface area contributed by atoms with E-state index in [1.54, 1.807) is 6.07 Å². The molecule has 216 valence electrons. The summed E-state index contributed by atoms with van der Waals surface area (Å²) in [5.74, 6) is 0.319. The van der Waals surface area contributed by atoms with Gasteiger partial charge in [0.25, 0.3) is 0 Å². The fraction of sp³-hybridized carbons (Fsp3) is 0.257. The monoisotopic (exact) mass is 563 g/mol. The molecular formula is C35H37N3O4. The van der Waals surface area contributed by atoms with Gasteiger partial charge in [-0.05, 0) is 49.6 Å². The largest absolute Gasteiger partial charge is 0.489 e. The molecule has 0 fully saturated rings. The van der Waals surface area contributed by atoms with E-state index < -0.39 is 12.0 Å². The number of nitriles is 1. The van der Waals surface area contributed by atoms with E-state index in [4.69, 9.17) is 15.2 Å². The van der Waals surface area contributed by atoms with Crippen LogP contribution in [0.4, 0.5) is 0 Å². The fourth-order valence-electron chi connectivity index (χ4n) is 4.79. The lowest BCUT2D eigenvalue weighted by Crippen LogP contribution is -2.35. The normalized spacial score (nSPS) is 11.6. The van der Waals surface area contributed by atoms with Crippen LogP contribution in [0.15, 0.2) is 91.0 Å². The first-order chi connectivity index (χ1) is 20.3. The fourth-order valence-corrected chi connectivity index (χ4v) is 4.79. The molecule has 7 nitrogen and oxygen atoms in total. The molecule has 0 saturated heterocycles. The molecule has 3 N–H and O–H groups in total. The topological polar surface area (TPSA) is 109 Å². The summed E-state index contributed by atoms with van der Waals surface area (Å²) in [5.41, 5.74) is 12.5. The van der Waals surface area contributed by atoms with Crippen molar-refractivity contribution in [2.24, 2.45) is 5.73 Å². The van der Waals surface area contributed by atoms with Crippen molar-refractivity contribution in [3.8, 4) is 17.6 Å². The summed E-state index contributed by atoms with van der Waals surface area (Å²) in [5, 5.41) is 19.4. The molecule has 42 heavy (non-hydrogen) atoms. The molecule has 0 saturated carbocycles. The number of hydrogen-bond donors (Lipinski definition) is 2. The summed E-state index contributed by atoms with van der Waals surface area (Å²) in [6.45, 7) is 6.11. The summed E-state index contributed by atoms with van der Waals surface area (Å²) < 4.78 is 12.5. The second-order valence-corrected chi connectivity index (χ2v) is 10.5. The van der Waals surface area contributed by atoms with Crippen LogP contribution in [0.5, 0.6) is 11.5 Å². The SMILES string of the molecule is Cc1cccc(COc2ccccc2CN(CC[C@H](N)C(=O)O)Cc2c(C#N)cccc2OCc2cccc(C)c2)c1. The van der Waals surface area contributed by atoms with Crippen LogP contribution in [0, 0.1) is 25.2 Å². The standard InChI is InChI=1S/C35H37N3O4/c1-25-8-5-10-27(18-25)23-41-33-14-4-3-12-30(33)21-38(17-16-32(37)35(39)40)22-31-29(20-36)13-7-15-34(31)42-24-28-11-6-9-26(2)19-28/h3-15,18-19,32H,16-17,21-24,37H2,1-2H3,(H,39,40)/t32-/m0/s1. The number of carboxylic acids is 1. The average molecular weight is 564 g/mol. The van der Waals surface area contributed by atoms with E-state index in [0.717, 1.165) is 33.6 Å². The second-order valence-electron chi connectivity index (χ2n) is 10.5. The predicted octanol–water partition coefficient (Wildman–Crippen LogP) is 6.14. The lowest BCUT2D eigenvalue weighted by molar-refractivity contribution is -0.138. The Kier molecular flexibility index (Phi) is 10.7. The van der Waals surface area contributed by atoms with Crippen LogP contribution in [0.3, 0.4) is 0 Å². The molecule has 1 atom stereocenters. The van der Waals surface area contributed by atoms with Crippen molar-refractivity contribution in [1.29, 1.82) is 5.26 Å². The van der Waals surface area contributed by atoms with E-state index in [-0.39, 0.29) is 6.42 Å². The number of aliphatic carboxylic acids is 1. The molecule has 4 aromatic carbocycles. The van der Waals surface area contributed by atoms with Crippen molar-refractivity contribution in [2.45, 2.75) is 52.6 Å². The third-order valence-electron chi connectivity index (χ3n) is 7.03. The molecule has 4 rings (SSSR count). The van der Waals surface area contributed by atoms with Crippen molar-refractivity contribution < 1.29 is 19.4 Å². The number of carboxylic acid groups (broad SMARTS) is 1. The van der Waals surface area contributed by atoms with Crippen LogP contribution in [0.2, 0.25) is 0 Å². The smallest absolute Gasteiger partial charge is 0.320 e. The van der Waals surface area contributed by atoms with Crippen LogP contribution in [0.1, 0.15) is 45.4 Å². The zero-order valence-corrected chi connectivity index (χ0v) is 24.1. The van der Waals surface area contributed by atoms with Gasteiger partial charge in [-0.3, -0.25) is 9.69 Å². The third kappa shape index (κ3) is 8.68. The van der Waals surface area contributed by atoms with E-state index in [9.17, 15) is 15.2 Å². The Morgan fingerprint density at radius 1 is 0.857 bits per heavy atom. The van der Waals surface area contributed by atoms with E-state index in [1.165, 1.54) is 5.56 Å². The van der Waals surface area contributed by atoms with Gasteiger partial charge >= 0.3 is 5.97 Å². The highest BCUT2D eigenvalue weighted by Crippen LogP contribution is 2.28. The molecule has 0 aliphatic carbocycles. The van der Waals surface area contributed by atoms with Gasteiger partial charge < -0.3 is 20.3 Å². The van der Waals surface area contributed by atoms with Gasteiger partial charge in [0.1, 0.15) is 30.8 Å². The summed E-state index contributed by atoms with van der Waals surface area (Å²) in [6.07, 6.45) is 0.246. The van der Waals surface area contributed by atoms with Gasteiger partial charge in [-0.25, -0.2) is 0 Å². The molecule has 0 radical (unpaired) electrons. The Bertz CT molecular complexity index is 1550. The van der Waals surface area contributed by atoms with E-state index in [1.807, 2.05) is 73.7 Å². The van der Waals surface area contributed by atoms with Crippen LogP contribution in [-0.4, -0.2) is 28.6 Å². The van der Waals surface area contributed by atoms with Crippen LogP contribution in [0.25, 0.3) is 0 Å². The molecule has 4 aromatic rings. The Labute approximate surface area is 247 Å². The van der Waals surface area contributed by atoms with Gasteiger partial charge in [0, 0.05) is 30.8 Å². The Hall–Kier alpha value is -4.64. The molecule has 0 bridgehead atoms. The molecule has 0 heterocycles. The maximum absolute atomic E-state index is 11.5. The maximum atomic E-state index is 11.5. The number of hydrogen-bond acceptors (Lipinski definition) is 6. The molecule has 0 amide bonds. The third-order valence-corrected chi connectivity index (χ3v) is 7.03. The molecule has 7 heteroatoms. The average Bonchev–Trinajstić information content (AvgIpc) is 2.98. The van der Waals surface area contributed by atoms with E-state index in [2.05, 4.69) is 36.1 Å². The number of para-hydroxylation sites is 1. The van der Waals surface area contributed by atoms with Crippen molar-refractivity contribution in [1.82, 2.24) is 4.90 Å². The van der Waals surface area contributed by atoms with E-state index >= 15 is 0 Å². The second kappa shape index (κ2) is 14.8. The van der Waals surface area contributed by atoms with Gasteiger partial charge in [0.15, 0.2) is 0 Å². The van der Waals surface area contributed by atoms with Gasteiger partial charge in [0.05, 0.1) is 11.6 Å². The molecule has 0 aromatic heterocycles. The van der Waals surface area contributed by atoms with Crippen molar-refractivity contribution in [3.05, 3.63) is 130 Å². The highest BCUT2D eigenvalue weighted by Gasteiger charge is 2.19. The first-order valence-corrected chi connectivity index (χ1v) is 14.0. The van der Waals surface area contributed by atoms with Crippen molar-refractivity contribution in [2.75, 3.05) is 6.54 Å². The Morgan fingerprint density at radius 2 is 1.45 bits per heavy atom. The molecular weight excluding hydrogens is 526 g/mol. The number of nitrogens with zero attached hydrogens (tertiary/aromatic N) is 2. The lowest BCUT2D eigenvalue weighted by Gasteiger charge is -2.26. The summed E-state index contributed by atoms with van der Waals surface area (Å²) >= 11 is 0. The van der Waals surface area contributed by atoms with Crippen LogP contribution < -0.4 is 15.2 Å². The molecule has 0 spiro atoms. The van der Waals surface area contributed by atoms with Crippen LogP contribution in [-0.2, 0) is 31.1 Å². The zero-order chi connectivity index (χ0) is 29.9. The molecule has 0 aliphatic rings. The summed E-state index contributed by atoms with van der Waals surface area (Å²) in [6, 6.07) is 30.9. The molecule has 0 aliphatic heterocycles. The number of benzene rings is 4. The van der Waals surface area contributed by atoms with Gasteiger partial charge in [-0.15, -0.1) is 0 Å². The minimum Gasteiger partial charge on any atom is -0.489 e. The first-order valence-electron chi connectivity index (χ1n) is 14.0. The number of nitrogens with two attached hydrogens (primary N) is 1. The number of ether oxygens (including phenoxy) is 2. The summed E-state index contributed by atoms with van der Waals surface area (Å²) in [7, 11) is 0.